The molecule has 1 aliphatic rings. The molecule has 1 N–H and O–H groups in total. The number of amides is 1. The van der Waals surface area contributed by atoms with Gasteiger partial charge in [-0.25, -0.2) is 12.8 Å². The molecule has 31 heavy (non-hydrogen) atoms. The zero-order chi connectivity index (χ0) is 22.6. The van der Waals surface area contributed by atoms with Gasteiger partial charge in [-0.15, -0.1) is 0 Å². The van der Waals surface area contributed by atoms with Crippen LogP contribution in [-0.2, 0) is 14.8 Å². The first-order valence-corrected chi connectivity index (χ1v) is 11.5. The molecule has 0 saturated carbocycles. The predicted octanol–water partition coefficient (Wildman–Crippen LogP) is 3.12. The number of carbonyl (C=O) groups excluding carboxylic acids is 1. The zero-order valence-corrected chi connectivity index (χ0v) is 18.6. The van der Waals surface area contributed by atoms with E-state index in [2.05, 4.69) is 5.32 Å². The molecule has 0 bridgehead atoms. The van der Waals surface area contributed by atoms with Crippen LogP contribution in [0.2, 0.25) is 0 Å². The maximum absolute atomic E-state index is 13.2. The van der Waals surface area contributed by atoms with E-state index < -0.39 is 21.8 Å². The van der Waals surface area contributed by atoms with Crippen LogP contribution in [0.5, 0.6) is 11.5 Å². The summed E-state index contributed by atoms with van der Waals surface area (Å²) in [7, 11) is -0.678. The normalized spacial score (nSPS) is 18.3. The maximum Gasteiger partial charge on any atom is 0.243 e. The van der Waals surface area contributed by atoms with Crippen LogP contribution in [0, 0.1) is 11.7 Å². The van der Waals surface area contributed by atoms with E-state index in [1.807, 2.05) is 6.92 Å². The van der Waals surface area contributed by atoms with Crippen LogP contribution in [0.3, 0.4) is 0 Å². The van der Waals surface area contributed by atoms with Gasteiger partial charge in [0.25, 0.3) is 0 Å². The van der Waals surface area contributed by atoms with Crippen LogP contribution in [-0.4, -0.2) is 45.9 Å². The third-order valence-electron chi connectivity index (χ3n) is 5.47. The molecule has 1 saturated heterocycles. The van der Waals surface area contributed by atoms with Gasteiger partial charge in [-0.2, -0.15) is 4.31 Å². The van der Waals surface area contributed by atoms with Gasteiger partial charge in [-0.05, 0) is 62.2 Å². The van der Waals surface area contributed by atoms with Crippen molar-refractivity contribution in [1.29, 1.82) is 0 Å². The first kappa shape index (κ1) is 23.0. The highest BCUT2D eigenvalue weighted by atomic mass is 32.2. The fourth-order valence-electron chi connectivity index (χ4n) is 3.72. The zero-order valence-electron chi connectivity index (χ0n) is 17.8. The molecule has 1 aliphatic heterocycles. The summed E-state index contributed by atoms with van der Waals surface area (Å²) in [5.41, 5.74) is 0.766. The van der Waals surface area contributed by atoms with Gasteiger partial charge in [0.15, 0.2) is 0 Å². The minimum atomic E-state index is -3.80. The Hall–Kier alpha value is -2.65. The highest BCUT2D eigenvalue weighted by molar-refractivity contribution is 7.89. The lowest BCUT2D eigenvalue weighted by atomic mass is 9.97. The molecule has 7 nitrogen and oxygen atoms in total. The third-order valence-corrected chi connectivity index (χ3v) is 7.35. The van der Waals surface area contributed by atoms with E-state index in [1.54, 1.807) is 32.4 Å². The number of rotatable bonds is 7. The Morgan fingerprint density at radius 3 is 2.52 bits per heavy atom. The first-order valence-electron chi connectivity index (χ1n) is 10.0. The van der Waals surface area contributed by atoms with Gasteiger partial charge in [-0.3, -0.25) is 4.79 Å². The fourth-order valence-corrected chi connectivity index (χ4v) is 5.24. The van der Waals surface area contributed by atoms with Crippen molar-refractivity contribution in [3.63, 3.8) is 0 Å². The molecule has 168 valence electrons. The Morgan fingerprint density at radius 2 is 1.87 bits per heavy atom. The smallest absolute Gasteiger partial charge is 0.243 e. The van der Waals surface area contributed by atoms with E-state index in [-0.39, 0.29) is 23.4 Å². The summed E-state index contributed by atoms with van der Waals surface area (Å²) in [5.74, 6) is 0.0556. The van der Waals surface area contributed by atoms with Crippen molar-refractivity contribution in [3.8, 4) is 11.5 Å². The summed E-state index contributed by atoms with van der Waals surface area (Å²) >= 11 is 0. The highest BCUT2D eigenvalue weighted by Gasteiger charge is 2.34. The van der Waals surface area contributed by atoms with E-state index >= 15 is 0 Å². The van der Waals surface area contributed by atoms with Crippen molar-refractivity contribution >= 4 is 15.9 Å². The second kappa shape index (κ2) is 9.65. The molecule has 1 fully saturated rings. The molecular weight excluding hydrogens is 423 g/mol. The number of hydrogen-bond acceptors (Lipinski definition) is 5. The molecule has 0 aromatic heterocycles. The minimum Gasteiger partial charge on any atom is -0.497 e. The lowest BCUT2D eigenvalue weighted by molar-refractivity contribution is -0.126. The Balaban J connectivity index is 1.72. The topological polar surface area (TPSA) is 84.9 Å². The standard InChI is InChI=1S/C22H27FN2O5S/c1-15(20-13-18(29-2)8-11-21(20)30-3)24-22(26)16-5-4-12-25(14-16)31(27,28)19-9-6-17(23)7-10-19/h6-11,13,15-16H,4-5,12,14H2,1-3H3,(H,24,26)/t15-,16-/m1/s1. The Morgan fingerprint density at radius 1 is 1.16 bits per heavy atom. The molecule has 1 heterocycles. The second-order valence-corrected chi connectivity index (χ2v) is 9.43. The number of ether oxygens (including phenoxy) is 2. The number of halogens is 1. The number of sulfonamides is 1. The Bertz CT molecular complexity index is 1030. The van der Waals surface area contributed by atoms with Gasteiger partial charge in [0, 0.05) is 18.7 Å². The number of benzene rings is 2. The number of piperidine rings is 1. The largest absolute Gasteiger partial charge is 0.497 e. The summed E-state index contributed by atoms with van der Waals surface area (Å²) in [6, 6.07) is 9.70. The van der Waals surface area contributed by atoms with E-state index in [9.17, 15) is 17.6 Å². The van der Waals surface area contributed by atoms with E-state index in [0.717, 1.165) is 17.7 Å². The molecule has 0 spiro atoms. The number of methoxy groups -OCH3 is 2. The van der Waals surface area contributed by atoms with E-state index in [0.29, 0.717) is 30.9 Å². The average molecular weight is 451 g/mol. The molecule has 0 radical (unpaired) electrons. The number of nitrogens with zero attached hydrogens (tertiary/aromatic N) is 1. The SMILES string of the molecule is COc1ccc(OC)c([C@@H](C)NC(=O)[C@@H]2CCCN(S(=O)(=O)c3ccc(F)cc3)C2)c1. The molecule has 0 aliphatic carbocycles. The number of hydrogen-bond donors (Lipinski definition) is 1. The van der Waals surface area contributed by atoms with Crippen molar-refractivity contribution in [2.24, 2.45) is 5.92 Å². The van der Waals surface area contributed by atoms with E-state index in [1.165, 1.54) is 16.4 Å². The van der Waals surface area contributed by atoms with Crippen molar-refractivity contribution in [2.45, 2.75) is 30.7 Å². The molecule has 1 amide bonds. The molecular formula is C22H27FN2O5S. The van der Waals surface area contributed by atoms with Gasteiger partial charge >= 0.3 is 0 Å². The summed E-state index contributed by atoms with van der Waals surface area (Å²) in [6.07, 6.45) is 1.15. The molecule has 0 unspecified atom stereocenters. The molecule has 2 aromatic carbocycles. The van der Waals surface area contributed by atoms with Crippen LogP contribution >= 0.6 is 0 Å². The van der Waals surface area contributed by atoms with Crippen molar-refractivity contribution in [1.82, 2.24) is 9.62 Å². The first-order chi connectivity index (χ1) is 14.8. The lowest BCUT2D eigenvalue weighted by Gasteiger charge is -2.32. The van der Waals surface area contributed by atoms with Crippen LogP contribution < -0.4 is 14.8 Å². The van der Waals surface area contributed by atoms with Gasteiger partial charge in [0.2, 0.25) is 15.9 Å². The van der Waals surface area contributed by atoms with Crippen LogP contribution in [0.4, 0.5) is 4.39 Å². The van der Waals surface area contributed by atoms with Crippen LogP contribution in [0.25, 0.3) is 0 Å². The van der Waals surface area contributed by atoms with E-state index in [4.69, 9.17) is 9.47 Å². The third kappa shape index (κ3) is 5.16. The highest BCUT2D eigenvalue weighted by Crippen LogP contribution is 2.30. The maximum atomic E-state index is 13.2. The molecule has 2 aromatic rings. The van der Waals surface area contributed by atoms with Crippen molar-refractivity contribution in [2.75, 3.05) is 27.3 Å². The monoisotopic (exact) mass is 450 g/mol. The summed E-state index contributed by atoms with van der Waals surface area (Å²) < 4.78 is 50.9. The lowest BCUT2D eigenvalue weighted by Crippen LogP contribution is -2.45. The Kier molecular flexibility index (Phi) is 7.17. The molecule has 2 atom stereocenters. The summed E-state index contributed by atoms with van der Waals surface area (Å²) in [5, 5.41) is 2.97. The van der Waals surface area contributed by atoms with Gasteiger partial charge in [0.1, 0.15) is 17.3 Å². The fraction of sp³-hybridized carbons (Fsp3) is 0.409. The second-order valence-electron chi connectivity index (χ2n) is 7.49. The van der Waals surface area contributed by atoms with Crippen LogP contribution in [0.1, 0.15) is 31.4 Å². The van der Waals surface area contributed by atoms with Crippen molar-refractivity contribution in [3.05, 3.63) is 53.8 Å². The summed E-state index contributed by atoms with van der Waals surface area (Å²) in [6.45, 7) is 2.24. The average Bonchev–Trinajstić information content (AvgIpc) is 2.78. The van der Waals surface area contributed by atoms with Gasteiger partial charge < -0.3 is 14.8 Å². The van der Waals surface area contributed by atoms with Gasteiger partial charge in [-0.1, -0.05) is 0 Å². The number of carbonyl (C=O) groups is 1. The molecule has 3 rings (SSSR count). The summed E-state index contributed by atoms with van der Waals surface area (Å²) in [4.78, 5) is 13.0. The minimum absolute atomic E-state index is 0.0180. The number of nitrogens with one attached hydrogen (secondary N) is 1. The van der Waals surface area contributed by atoms with Gasteiger partial charge in [0.05, 0.1) is 31.1 Å². The molecule has 9 heteroatoms. The predicted molar refractivity (Wildman–Crippen MR) is 114 cm³/mol. The quantitative estimate of drug-likeness (QED) is 0.701. The Labute approximate surface area is 182 Å². The van der Waals surface area contributed by atoms with Crippen molar-refractivity contribution < 1.29 is 27.1 Å². The van der Waals surface area contributed by atoms with Crippen LogP contribution in [0.15, 0.2) is 47.4 Å².